The van der Waals surface area contributed by atoms with Crippen molar-refractivity contribution in [3.8, 4) is 5.75 Å². The van der Waals surface area contributed by atoms with Gasteiger partial charge in [-0.05, 0) is 12.1 Å². The molecule has 0 saturated heterocycles. The van der Waals surface area contributed by atoms with Crippen LogP contribution >= 0.6 is 23.2 Å². The first-order valence-electron chi connectivity index (χ1n) is 3.73. The van der Waals surface area contributed by atoms with Crippen molar-refractivity contribution in [1.82, 2.24) is 0 Å². The number of hydrogen-bond donors (Lipinski definition) is 1. The van der Waals surface area contributed by atoms with Gasteiger partial charge in [0.25, 0.3) is 0 Å². The molecule has 0 unspecified atom stereocenters. The molecule has 0 radical (unpaired) electrons. The van der Waals surface area contributed by atoms with Crippen LogP contribution in [0.4, 0.5) is 18.9 Å². The summed E-state index contributed by atoms with van der Waals surface area (Å²) in [6, 6.07) is 2.58. The van der Waals surface area contributed by atoms with Crippen molar-refractivity contribution in [1.29, 1.82) is 0 Å². The van der Waals surface area contributed by atoms with Gasteiger partial charge in [-0.2, -0.15) is 0 Å². The number of rotatable bonds is 2. The highest BCUT2D eigenvalue weighted by Gasteiger charge is 2.33. The summed E-state index contributed by atoms with van der Waals surface area (Å²) >= 11 is 11.1. The van der Waals surface area contributed by atoms with Crippen LogP contribution in [0.25, 0.3) is 0 Å². The third kappa shape index (κ3) is 3.07. The average Bonchev–Trinajstić information content (AvgIpc) is 2.10. The van der Waals surface area contributed by atoms with Crippen molar-refractivity contribution >= 4 is 28.9 Å². The molecule has 15 heavy (non-hydrogen) atoms. The van der Waals surface area contributed by atoms with E-state index in [0.29, 0.717) is 0 Å². The van der Waals surface area contributed by atoms with Crippen LogP contribution in [0.3, 0.4) is 0 Å². The fourth-order valence-electron chi connectivity index (χ4n) is 0.983. The highest BCUT2D eigenvalue weighted by molar-refractivity contribution is 6.32. The number of alkyl halides is 4. The Bertz CT molecular complexity index is 368. The zero-order valence-electron chi connectivity index (χ0n) is 7.24. The molecule has 0 atom stereocenters. The van der Waals surface area contributed by atoms with Gasteiger partial charge in [0.2, 0.25) is 0 Å². The van der Waals surface area contributed by atoms with Crippen molar-refractivity contribution in [3.05, 3.63) is 22.7 Å². The Balaban J connectivity index is 3.20. The number of hydrogen-bond acceptors (Lipinski definition) is 2. The Kier molecular flexibility index (Phi) is 3.57. The van der Waals surface area contributed by atoms with E-state index in [-0.39, 0.29) is 22.2 Å². The van der Waals surface area contributed by atoms with Crippen LogP contribution in [-0.2, 0) is 5.88 Å². The third-order valence-corrected chi connectivity index (χ3v) is 2.21. The van der Waals surface area contributed by atoms with E-state index in [0.717, 1.165) is 0 Å². The minimum absolute atomic E-state index is 0.0238. The number of halogens is 5. The Labute approximate surface area is 93.7 Å². The van der Waals surface area contributed by atoms with Crippen LogP contribution in [0.2, 0.25) is 5.02 Å². The molecule has 0 spiro atoms. The Hall–Kier alpha value is -0.810. The maximum Gasteiger partial charge on any atom is 0.573 e. The minimum Gasteiger partial charge on any atom is -0.403 e. The lowest BCUT2D eigenvalue weighted by Gasteiger charge is -2.15. The summed E-state index contributed by atoms with van der Waals surface area (Å²) in [7, 11) is 0. The fraction of sp³-hybridized carbons (Fsp3) is 0.250. The van der Waals surface area contributed by atoms with E-state index < -0.39 is 12.1 Å². The van der Waals surface area contributed by atoms with Gasteiger partial charge in [0.15, 0.2) is 5.75 Å². The molecule has 84 valence electrons. The van der Waals surface area contributed by atoms with Gasteiger partial charge >= 0.3 is 6.36 Å². The minimum atomic E-state index is -4.82. The molecule has 0 aliphatic heterocycles. The standard InChI is InChI=1S/C8H6Cl2F3NO/c9-3-4-5(10)1-2-6(14)7(4)15-8(11,12)13/h1-2H,3,14H2. The first-order valence-corrected chi connectivity index (χ1v) is 4.65. The van der Waals surface area contributed by atoms with E-state index in [1.165, 1.54) is 12.1 Å². The summed E-state index contributed by atoms with van der Waals surface area (Å²) in [5, 5.41) is 0.0819. The summed E-state index contributed by atoms with van der Waals surface area (Å²) in [6.07, 6.45) is -4.82. The van der Waals surface area contributed by atoms with E-state index in [9.17, 15) is 13.2 Å². The Morgan fingerprint density at radius 1 is 1.33 bits per heavy atom. The second kappa shape index (κ2) is 4.37. The molecule has 2 nitrogen and oxygen atoms in total. The van der Waals surface area contributed by atoms with E-state index in [1.54, 1.807) is 0 Å². The van der Waals surface area contributed by atoms with Crippen LogP contribution in [0.15, 0.2) is 12.1 Å². The fourth-order valence-corrected chi connectivity index (χ4v) is 1.53. The largest absolute Gasteiger partial charge is 0.573 e. The molecular formula is C8H6Cl2F3NO. The molecule has 0 saturated carbocycles. The smallest absolute Gasteiger partial charge is 0.403 e. The molecular weight excluding hydrogens is 254 g/mol. The van der Waals surface area contributed by atoms with E-state index in [2.05, 4.69) is 4.74 Å². The second-order valence-corrected chi connectivity index (χ2v) is 3.30. The van der Waals surface area contributed by atoms with Gasteiger partial charge in [0.05, 0.1) is 11.6 Å². The molecule has 0 bridgehead atoms. The van der Waals surface area contributed by atoms with Gasteiger partial charge in [-0.1, -0.05) is 11.6 Å². The van der Waals surface area contributed by atoms with Crippen LogP contribution in [0.5, 0.6) is 5.75 Å². The van der Waals surface area contributed by atoms with Crippen LogP contribution in [0, 0.1) is 0 Å². The number of ether oxygens (including phenoxy) is 1. The zero-order valence-corrected chi connectivity index (χ0v) is 8.75. The highest BCUT2D eigenvalue weighted by Crippen LogP contribution is 2.36. The first-order chi connectivity index (χ1) is 6.85. The van der Waals surface area contributed by atoms with E-state index in [4.69, 9.17) is 28.9 Å². The lowest BCUT2D eigenvalue weighted by atomic mass is 10.2. The predicted octanol–water partition coefficient (Wildman–Crippen LogP) is 3.56. The van der Waals surface area contributed by atoms with Gasteiger partial charge < -0.3 is 10.5 Å². The molecule has 1 aromatic rings. The quantitative estimate of drug-likeness (QED) is 0.651. The third-order valence-electron chi connectivity index (χ3n) is 1.59. The second-order valence-electron chi connectivity index (χ2n) is 2.63. The first kappa shape index (κ1) is 12.3. The molecule has 1 rings (SSSR count). The monoisotopic (exact) mass is 259 g/mol. The molecule has 2 N–H and O–H groups in total. The van der Waals surface area contributed by atoms with Crippen molar-refractivity contribution in [2.24, 2.45) is 0 Å². The predicted molar refractivity (Wildman–Crippen MR) is 52.1 cm³/mol. The van der Waals surface area contributed by atoms with Crippen molar-refractivity contribution < 1.29 is 17.9 Å². The van der Waals surface area contributed by atoms with E-state index in [1.807, 2.05) is 0 Å². The van der Waals surface area contributed by atoms with Crippen LogP contribution < -0.4 is 10.5 Å². The average molecular weight is 260 g/mol. The summed E-state index contributed by atoms with van der Waals surface area (Å²) in [5.41, 5.74) is 5.19. The zero-order chi connectivity index (χ0) is 11.6. The number of nitrogens with two attached hydrogens (primary N) is 1. The normalized spacial score (nSPS) is 11.5. The SMILES string of the molecule is Nc1ccc(Cl)c(CCl)c1OC(F)(F)F. The van der Waals surface area contributed by atoms with E-state index >= 15 is 0 Å². The van der Waals surface area contributed by atoms with Gasteiger partial charge in [-0.15, -0.1) is 24.8 Å². The summed E-state index contributed by atoms with van der Waals surface area (Å²) in [5.74, 6) is -0.750. The molecule has 0 aliphatic rings. The molecule has 0 amide bonds. The summed E-state index contributed by atoms with van der Waals surface area (Å²) in [6.45, 7) is 0. The van der Waals surface area contributed by atoms with Gasteiger partial charge in [-0.3, -0.25) is 0 Å². The van der Waals surface area contributed by atoms with Crippen molar-refractivity contribution in [2.75, 3.05) is 5.73 Å². The van der Waals surface area contributed by atoms with Gasteiger partial charge in [0.1, 0.15) is 0 Å². The summed E-state index contributed by atoms with van der Waals surface area (Å²) < 4.78 is 39.8. The molecule has 0 fully saturated rings. The van der Waals surface area contributed by atoms with Crippen LogP contribution in [0.1, 0.15) is 5.56 Å². The maximum absolute atomic E-state index is 12.0. The Morgan fingerprint density at radius 2 is 1.93 bits per heavy atom. The van der Waals surface area contributed by atoms with Gasteiger partial charge in [-0.25, -0.2) is 0 Å². The molecule has 0 heterocycles. The number of benzene rings is 1. The molecule has 0 aromatic heterocycles. The molecule has 1 aromatic carbocycles. The number of anilines is 1. The Morgan fingerprint density at radius 3 is 2.40 bits per heavy atom. The van der Waals surface area contributed by atoms with Crippen molar-refractivity contribution in [2.45, 2.75) is 12.2 Å². The van der Waals surface area contributed by atoms with Crippen LogP contribution in [-0.4, -0.2) is 6.36 Å². The number of nitrogen functional groups attached to an aromatic ring is 1. The van der Waals surface area contributed by atoms with Gasteiger partial charge in [0, 0.05) is 10.6 Å². The molecule has 7 heteroatoms. The topological polar surface area (TPSA) is 35.2 Å². The maximum atomic E-state index is 12.0. The lowest BCUT2D eigenvalue weighted by Crippen LogP contribution is -2.19. The summed E-state index contributed by atoms with van der Waals surface area (Å²) in [4.78, 5) is 0. The molecule has 0 aliphatic carbocycles. The van der Waals surface area contributed by atoms with Crippen molar-refractivity contribution in [3.63, 3.8) is 0 Å². The lowest BCUT2D eigenvalue weighted by molar-refractivity contribution is -0.274. The highest BCUT2D eigenvalue weighted by atomic mass is 35.5.